The van der Waals surface area contributed by atoms with E-state index in [9.17, 15) is 4.79 Å². The zero-order valence-electron chi connectivity index (χ0n) is 10.3. The quantitative estimate of drug-likeness (QED) is 0.866. The first kappa shape index (κ1) is 12.3. The van der Waals surface area contributed by atoms with E-state index in [1.54, 1.807) is 6.07 Å². The van der Waals surface area contributed by atoms with Gasteiger partial charge in [-0.15, -0.1) is 0 Å². The van der Waals surface area contributed by atoms with Gasteiger partial charge in [0.25, 0.3) is 5.91 Å². The number of benzene rings is 2. The number of rotatable bonds is 3. The monoisotopic (exact) mass is 240 g/mol. The molecule has 0 heterocycles. The molecule has 0 fully saturated rings. The average Bonchev–Trinajstić information content (AvgIpc) is 2.39. The molecule has 0 aliphatic rings. The SMILES string of the molecule is Cc1cccc(C(=O)Nc2ccccc2CN)c1. The molecule has 0 saturated carbocycles. The summed E-state index contributed by atoms with van der Waals surface area (Å²) in [6.45, 7) is 2.37. The van der Waals surface area contributed by atoms with Crippen LogP contribution >= 0.6 is 0 Å². The van der Waals surface area contributed by atoms with E-state index in [2.05, 4.69) is 5.32 Å². The number of hydrogen-bond acceptors (Lipinski definition) is 2. The highest BCUT2D eigenvalue weighted by molar-refractivity contribution is 6.04. The third-order valence-electron chi connectivity index (χ3n) is 2.77. The van der Waals surface area contributed by atoms with Crippen molar-refractivity contribution < 1.29 is 4.79 Å². The van der Waals surface area contributed by atoms with Crippen LogP contribution in [-0.2, 0) is 6.54 Å². The number of anilines is 1. The maximum Gasteiger partial charge on any atom is 0.255 e. The van der Waals surface area contributed by atoms with E-state index in [4.69, 9.17) is 5.73 Å². The molecule has 0 spiro atoms. The highest BCUT2D eigenvalue weighted by atomic mass is 16.1. The Morgan fingerprint density at radius 3 is 2.67 bits per heavy atom. The molecule has 2 aromatic carbocycles. The normalized spacial score (nSPS) is 10.1. The second kappa shape index (κ2) is 5.47. The largest absolute Gasteiger partial charge is 0.326 e. The van der Waals surface area contributed by atoms with Crippen LogP contribution in [0.1, 0.15) is 21.5 Å². The lowest BCUT2D eigenvalue weighted by molar-refractivity contribution is 0.102. The molecule has 3 N–H and O–H groups in total. The molecule has 2 rings (SSSR count). The van der Waals surface area contributed by atoms with E-state index >= 15 is 0 Å². The van der Waals surface area contributed by atoms with Gasteiger partial charge in [-0.2, -0.15) is 0 Å². The van der Waals surface area contributed by atoms with Gasteiger partial charge in [0.05, 0.1) is 0 Å². The van der Waals surface area contributed by atoms with Crippen LogP contribution in [0, 0.1) is 6.92 Å². The first-order valence-corrected chi connectivity index (χ1v) is 5.86. The maximum atomic E-state index is 12.1. The summed E-state index contributed by atoms with van der Waals surface area (Å²) in [5.74, 6) is -0.111. The number of aryl methyl sites for hydroxylation is 1. The molecular formula is C15H16N2O. The van der Waals surface area contributed by atoms with Gasteiger partial charge >= 0.3 is 0 Å². The van der Waals surface area contributed by atoms with Crippen LogP contribution in [0.15, 0.2) is 48.5 Å². The van der Waals surface area contributed by atoms with Crippen molar-refractivity contribution in [3.8, 4) is 0 Å². The Bertz CT molecular complexity index is 564. The van der Waals surface area contributed by atoms with Crippen molar-refractivity contribution in [3.63, 3.8) is 0 Å². The van der Waals surface area contributed by atoms with Crippen LogP contribution in [0.25, 0.3) is 0 Å². The van der Waals surface area contributed by atoms with Crippen LogP contribution in [0.5, 0.6) is 0 Å². The highest BCUT2D eigenvalue weighted by Gasteiger charge is 2.07. The zero-order valence-corrected chi connectivity index (χ0v) is 10.3. The number of carbonyl (C=O) groups is 1. The number of carbonyl (C=O) groups excluding carboxylic acids is 1. The molecule has 0 aromatic heterocycles. The number of para-hydroxylation sites is 1. The van der Waals surface area contributed by atoms with Crippen molar-refractivity contribution in [2.24, 2.45) is 5.73 Å². The van der Waals surface area contributed by atoms with E-state index in [-0.39, 0.29) is 5.91 Å². The molecule has 0 saturated heterocycles. The van der Waals surface area contributed by atoms with Gasteiger partial charge in [0, 0.05) is 17.8 Å². The predicted molar refractivity (Wildman–Crippen MR) is 73.5 cm³/mol. The van der Waals surface area contributed by atoms with Crippen LogP contribution in [-0.4, -0.2) is 5.91 Å². The van der Waals surface area contributed by atoms with Crippen molar-refractivity contribution >= 4 is 11.6 Å². The first-order valence-electron chi connectivity index (χ1n) is 5.86. The van der Waals surface area contributed by atoms with E-state index in [0.29, 0.717) is 12.1 Å². The van der Waals surface area contributed by atoms with Crippen molar-refractivity contribution in [1.82, 2.24) is 0 Å². The number of nitrogens with one attached hydrogen (secondary N) is 1. The summed E-state index contributed by atoms with van der Waals surface area (Å²) in [5.41, 5.74) is 9.06. The molecule has 0 aliphatic heterocycles. The Morgan fingerprint density at radius 2 is 1.94 bits per heavy atom. The van der Waals surface area contributed by atoms with Gasteiger partial charge in [-0.3, -0.25) is 4.79 Å². The van der Waals surface area contributed by atoms with Crippen molar-refractivity contribution in [3.05, 3.63) is 65.2 Å². The second-order valence-corrected chi connectivity index (χ2v) is 4.18. The second-order valence-electron chi connectivity index (χ2n) is 4.18. The number of nitrogens with two attached hydrogens (primary N) is 1. The molecule has 0 radical (unpaired) electrons. The Morgan fingerprint density at radius 1 is 1.17 bits per heavy atom. The van der Waals surface area contributed by atoms with Crippen LogP contribution < -0.4 is 11.1 Å². The molecule has 0 aliphatic carbocycles. The molecule has 3 heteroatoms. The predicted octanol–water partition coefficient (Wildman–Crippen LogP) is 2.71. The summed E-state index contributed by atoms with van der Waals surface area (Å²) in [7, 11) is 0. The number of hydrogen-bond donors (Lipinski definition) is 2. The van der Waals surface area contributed by atoms with Crippen molar-refractivity contribution in [2.45, 2.75) is 13.5 Å². The first-order chi connectivity index (χ1) is 8.70. The lowest BCUT2D eigenvalue weighted by Crippen LogP contribution is -2.14. The molecule has 0 bridgehead atoms. The number of amides is 1. The molecule has 1 amide bonds. The Kier molecular flexibility index (Phi) is 3.75. The molecule has 0 atom stereocenters. The van der Waals surface area contributed by atoms with Gasteiger partial charge < -0.3 is 11.1 Å². The van der Waals surface area contributed by atoms with Crippen LogP contribution in [0.2, 0.25) is 0 Å². The van der Waals surface area contributed by atoms with Gasteiger partial charge in [0.1, 0.15) is 0 Å². The zero-order chi connectivity index (χ0) is 13.0. The minimum atomic E-state index is -0.111. The van der Waals surface area contributed by atoms with Crippen molar-refractivity contribution in [1.29, 1.82) is 0 Å². The molecule has 18 heavy (non-hydrogen) atoms. The summed E-state index contributed by atoms with van der Waals surface area (Å²) in [6.07, 6.45) is 0. The third-order valence-corrected chi connectivity index (χ3v) is 2.77. The van der Waals surface area contributed by atoms with Gasteiger partial charge in [0.2, 0.25) is 0 Å². The maximum absolute atomic E-state index is 12.1. The topological polar surface area (TPSA) is 55.1 Å². The van der Waals surface area contributed by atoms with Gasteiger partial charge in [-0.1, -0.05) is 35.9 Å². The minimum Gasteiger partial charge on any atom is -0.326 e. The van der Waals surface area contributed by atoms with E-state index < -0.39 is 0 Å². The smallest absolute Gasteiger partial charge is 0.255 e. The lowest BCUT2D eigenvalue weighted by atomic mass is 10.1. The molecule has 3 nitrogen and oxygen atoms in total. The fourth-order valence-corrected chi connectivity index (χ4v) is 1.80. The fourth-order valence-electron chi connectivity index (χ4n) is 1.80. The summed E-state index contributed by atoms with van der Waals surface area (Å²) in [6, 6.07) is 15.1. The van der Waals surface area contributed by atoms with Gasteiger partial charge in [-0.25, -0.2) is 0 Å². The summed E-state index contributed by atoms with van der Waals surface area (Å²) < 4.78 is 0. The fraction of sp³-hybridized carbons (Fsp3) is 0.133. The molecule has 92 valence electrons. The van der Waals surface area contributed by atoms with E-state index in [1.807, 2.05) is 49.4 Å². The summed E-state index contributed by atoms with van der Waals surface area (Å²) in [4.78, 5) is 12.1. The summed E-state index contributed by atoms with van der Waals surface area (Å²) in [5, 5.41) is 2.89. The molecule has 0 unspecified atom stereocenters. The summed E-state index contributed by atoms with van der Waals surface area (Å²) >= 11 is 0. The van der Waals surface area contributed by atoms with E-state index in [1.165, 1.54) is 0 Å². The van der Waals surface area contributed by atoms with Crippen LogP contribution in [0.4, 0.5) is 5.69 Å². The molecule has 2 aromatic rings. The lowest BCUT2D eigenvalue weighted by Gasteiger charge is -2.09. The van der Waals surface area contributed by atoms with E-state index in [0.717, 1.165) is 16.8 Å². The van der Waals surface area contributed by atoms with Crippen LogP contribution in [0.3, 0.4) is 0 Å². The van der Waals surface area contributed by atoms with Crippen molar-refractivity contribution in [2.75, 3.05) is 5.32 Å². The Hall–Kier alpha value is -2.13. The van der Waals surface area contributed by atoms with Gasteiger partial charge in [-0.05, 0) is 30.7 Å². The Balaban J connectivity index is 2.21. The van der Waals surface area contributed by atoms with Gasteiger partial charge in [0.15, 0.2) is 0 Å². The Labute approximate surface area is 107 Å². The standard InChI is InChI=1S/C15H16N2O/c1-11-5-4-7-12(9-11)15(18)17-14-8-3-2-6-13(14)10-16/h2-9H,10,16H2,1H3,(H,17,18). The minimum absolute atomic E-state index is 0.111. The molecular weight excluding hydrogens is 224 g/mol. The third kappa shape index (κ3) is 2.76. The highest BCUT2D eigenvalue weighted by Crippen LogP contribution is 2.15. The average molecular weight is 240 g/mol.